The van der Waals surface area contributed by atoms with E-state index in [1.54, 1.807) is 4.40 Å². The van der Waals surface area contributed by atoms with Gasteiger partial charge < -0.3 is 10.6 Å². The Morgan fingerprint density at radius 2 is 2.07 bits per heavy atom. The van der Waals surface area contributed by atoms with Crippen molar-refractivity contribution < 1.29 is 13.2 Å². The van der Waals surface area contributed by atoms with Crippen LogP contribution in [0.2, 0.25) is 0 Å². The first kappa shape index (κ1) is 20.5. The molecule has 1 aliphatic heterocycles. The number of sulfone groups is 1. The summed E-state index contributed by atoms with van der Waals surface area (Å²) in [7, 11) is -2.98. The molecular weight excluding hydrogens is 406 g/mol. The Kier molecular flexibility index (Phi) is 5.37. The molecule has 1 saturated heterocycles. The molecule has 2 aromatic heterocycles. The van der Waals surface area contributed by atoms with Gasteiger partial charge in [0, 0.05) is 12.6 Å². The van der Waals surface area contributed by atoms with Gasteiger partial charge in [0.15, 0.2) is 15.5 Å². The molecule has 0 aliphatic carbocycles. The molecule has 1 amide bonds. The highest BCUT2D eigenvalue weighted by molar-refractivity contribution is 7.91. The summed E-state index contributed by atoms with van der Waals surface area (Å²) in [5, 5.41) is 11.1. The van der Waals surface area contributed by atoms with Crippen LogP contribution in [-0.4, -0.2) is 59.1 Å². The minimum Gasteiger partial charge on any atom is -0.353 e. The first-order chi connectivity index (χ1) is 14.2. The van der Waals surface area contributed by atoms with E-state index < -0.39 is 9.84 Å². The van der Waals surface area contributed by atoms with E-state index in [2.05, 4.69) is 15.7 Å². The Morgan fingerprint density at radius 1 is 1.27 bits per heavy atom. The molecule has 4 rings (SSSR count). The fourth-order valence-electron chi connectivity index (χ4n) is 3.85. The van der Waals surface area contributed by atoms with Crippen molar-refractivity contribution >= 4 is 32.3 Å². The number of benzene rings is 1. The number of rotatable bonds is 6. The minimum absolute atomic E-state index is 0.0449. The highest BCUT2D eigenvalue weighted by Crippen LogP contribution is 2.19. The van der Waals surface area contributed by atoms with Gasteiger partial charge in [0.05, 0.1) is 30.1 Å². The minimum atomic E-state index is -2.98. The van der Waals surface area contributed by atoms with Gasteiger partial charge in [-0.3, -0.25) is 4.79 Å². The Hall–Kier alpha value is -2.72. The van der Waals surface area contributed by atoms with Gasteiger partial charge in [-0.1, -0.05) is 12.1 Å². The predicted molar refractivity (Wildman–Crippen MR) is 115 cm³/mol. The lowest BCUT2D eigenvalue weighted by atomic mass is 10.1. The molecule has 0 unspecified atom stereocenters. The molecule has 1 aromatic carbocycles. The van der Waals surface area contributed by atoms with Crippen molar-refractivity contribution in [2.45, 2.75) is 32.9 Å². The molecule has 9 nitrogen and oxygen atoms in total. The number of amides is 1. The molecule has 10 heteroatoms. The van der Waals surface area contributed by atoms with E-state index in [1.165, 1.54) is 4.68 Å². The first-order valence-corrected chi connectivity index (χ1v) is 11.8. The van der Waals surface area contributed by atoms with Crippen LogP contribution in [0.5, 0.6) is 0 Å². The second kappa shape index (κ2) is 7.84. The molecule has 0 saturated carbocycles. The number of hydrogen-bond donors (Lipinski definition) is 2. The Bertz CT molecular complexity index is 1290. The van der Waals surface area contributed by atoms with Gasteiger partial charge in [0.25, 0.3) is 0 Å². The average Bonchev–Trinajstić information content (AvgIpc) is 3.21. The summed E-state index contributed by atoms with van der Waals surface area (Å²) in [4.78, 5) is 25.0. The Morgan fingerprint density at radius 3 is 2.80 bits per heavy atom. The Balaban J connectivity index is 1.42. The Labute approximate surface area is 174 Å². The average molecular weight is 432 g/mol. The van der Waals surface area contributed by atoms with E-state index in [9.17, 15) is 18.0 Å². The van der Waals surface area contributed by atoms with Crippen LogP contribution in [0.3, 0.4) is 0 Å². The third kappa shape index (κ3) is 4.10. The molecule has 1 fully saturated rings. The van der Waals surface area contributed by atoms with Crippen LogP contribution < -0.4 is 16.3 Å². The normalized spacial score (nSPS) is 18.3. The number of aromatic nitrogens is 3. The molecule has 0 bridgehead atoms. The monoisotopic (exact) mass is 431 g/mol. The lowest BCUT2D eigenvalue weighted by Crippen LogP contribution is -2.41. The summed E-state index contributed by atoms with van der Waals surface area (Å²) in [5.74, 6) is -0.00573. The number of carbonyl (C=O) groups excluding carboxylic acids is 1. The molecule has 0 spiro atoms. The maximum atomic E-state index is 12.9. The van der Waals surface area contributed by atoms with Gasteiger partial charge in [-0.05, 0) is 48.9 Å². The standard InChI is InChI=1S/C20H25N5O4S/c1-13-3-4-15-10-14(2)19-23-24(20(27)25(19)17(15)9-13)7-6-21-18(26)11-22-16-5-8-30(28,29)12-16/h3-4,9-10,16,22H,5-8,11-12H2,1-2H3,(H,21,26)/t16-/m0/s1. The first-order valence-electron chi connectivity index (χ1n) is 9.93. The summed E-state index contributed by atoms with van der Waals surface area (Å²) in [6, 6.07) is 7.79. The molecule has 2 N–H and O–H groups in total. The van der Waals surface area contributed by atoms with Crippen LogP contribution in [0, 0.1) is 13.8 Å². The van der Waals surface area contributed by atoms with Crippen LogP contribution >= 0.6 is 0 Å². The van der Waals surface area contributed by atoms with Crippen molar-refractivity contribution in [1.29, 1.82) is 0 Å². The summed E-state index contributed by atoms with van der Waals surface area (Å²) >= 11 is 0. The third-order valence-corrected chi connectivity index (χ3v) is 7.19. The number of aryl methyl sites for hydroxylation is 2. The summed E-state index contributed by atoms with van der Waals surface area (Å²) in [6.45, 7) is 4.44. The summed E-state index contributed by atoms with van der Waals surface area (Å²) in [6.07, 6.45) is 0.527. The molecule has 1 atom stereocenters. The van der Waals surface area contributed by atoms with Crippen molar-refractivity contribution in [1.82, 2.24) is 24.8 Å². The van der Waals surface area contributed by atoms with E-state index >= 15 is 0 Å². The van der Waals surface area contributed by atoms with Crippen LogP contribution in [-0.2, 0) is 21.2 Å². The van der Waals surface area contributed by atoms with Gasteiger partial charge in [0.2, 0.25) is 5.91 Å². The van der Waals surface area contributed by atoms with E-state index in [1.807, 2.05) is 38.1 Å². The van der Waals surface area contributed by atoms with E-state index in [0.717, 1.165) is 22.0 Å². The van der Waals surface area contributed by atoms with Crippen molar-refractivity contribution in [3.8, 4) is 0 Å². The number of hydrogen-bond acceptors (Lipinski definition) is 6. The van der Waals surface area contributed by atoms with E-state index in [-0.39, 0.29) is 48.8 Å². The number of fused-ring (bicyclic) bond motifs is 3. The van der Waals surface area contributed by atoms with Crippen LogP contribution in [0.15, 0.2) is 29.1 Å². The zero-order valence-corrected chi connectivity index (χ0v) is 17.8. The van der Waals surface area contributed by atoms with Crippen LogP contribution in [0.25, 0.3) is 16.6 Å². The number of pyridine rings is 1. The summed E-state index contributed by atoms with van der Waals surface area (Å²) in [5.41, 5.74) is 3.14. The van der Waals surface area contributed by atoms with Crippen molar-refractivity contribution in [2.24, 2.45) is 0 Å². The smallest absolute Gasteiger partial charge is 0.350 e. The van der Waals surface area contributed by atoms with E-state index in [4.69, 9.17) is 0 Å². The molecule has 3 aromatic rings. The van der Waals surface area contributed by atoms with Crippen molar-refractivity contribution in [3.63, 3.8) is 0 Å². The fourth-order valence-corrected chi connectivity index (χ4v) is 5.56. The topological polar surface area (TPSA) is 115 Å². The zero-order chi connectivity index (χ0) is 21.5. The highest BCUT2D eigenvalue weighted by Gasteiger charge is 2.27. The maximum Gasteiger partial charge on any atom is 0.350 e. The number of nitrogens with one attached hydrogen (secondary N) is 2. The molecule has 30 heavy (non-hydrogen) atoms. The highest BCUT2D eigenvalue weighted by atomic mass is 32.2. The SMILES string of the molecule is Cc1ccc2cc(C)c3nn(CCNC(=O)CN[C@H]4CCS(=O)(=O)C4)c(=O)n3c2c1. The summed E-state index contributed by atoms with van der Waals surface area (Å²) < 4.78 is 25.9. The van der Waals surface area contributed by atoms with Gasteiger partial charge in [-0.25, -0.2) is 22.3 Å². The van der Waals surface area contributed by atoms with Crippen LogP contribution in [0.1, 0.15) is 17.5 Å². The molecular formula is C20H25N5O4S. The van der Waals surface area contributed by atoms with E-state index in [0.29, 0.717) is 12.1 Å². The van der Waals surface area contributed by atoms with Crippen LogP contribution in [0.4, 0.5) is 0 Å². The lowest BCUT2D eigenvalue weighted by molar-refractivity contribution is -0.120. The maximum absolute atomic E-state index is 12.9. The van der Waals surface area contributed by atoms with Gasteiger partial charge in [-0.2, -0.15) is 0 Å². The van der Waals surface area contributed by atoms with Gasteiger partial charge in [-0.15, -0.1) is 5.10 Å². The van der Waals surface area contributed by atoms with Gasteiger partial charge >= 0.3 is 5.69 Å². The predicted octanol–water partition coefficient (Wildman–Crippen LogP) is 0.159. The van der Waals surface area contributed by atoms with Gasteiger partial charge in [0.1, 0.15) is 0 Å². The molecule has 1 aliphatic rings. The second-order valence-electron chi connectivity index (χ2n) is 7.89. The molecule has 3 heterocycles. The largest absolute Gasteiger partial charge is 0.353 e. The quantitative estimate of drug-likeness (QED) is 0.575. The lowest BCUT2D eigenvalue weighted by Gasteiger charge is -2.10. The molecule has 160 valence electrons. The van der Waals surface area contributed by atoms with Crippen molar-refractivity contribution in [2.75, 3.05) is 24.6 Å². The third-order valence-electron chi connectivity index (χ3n) is 5.42. The number of carbonyl (C=O) groups is 1. The zero-order valence-electron chi connectivity index (χ0n) is 17.0. The number of nitrogens with zero attached hydrogens (tertiary/aromatic N) is 3. The molecule has 0 radical (unpaired) electrons. The second-order valence-corrected chi connectivity index (χ2v) is 10.1. The van der Waals surface area contributed by atoms with Crippen molar-refractivity contribution in [3.05, 3.63) is 45.9 Å². The fraction of sp³-hybridized carbons (Fsp3) is 0.450.